The molecule has 0 fully saturated rings. The third kappa shape index (κ3) is 1.74. The van der Waals surface area contributed by atoms with Crippen molar-refractivity contribution in [2.75, 3.05) is 0 Å². The van der Waals surface area contributed by atoms with Gasteiger partial charge in [-0.15, -0.1) is 22.7 Å². The highest BCUT2D eigenvalue weighted by Crippen LogP contribution is 2.37. The molecule has 0 aromatic carbocycles. The Hall–Kier alpha value is -0.680. The van der Waals surface area contributed by atoms with Crippen LogP contribution in [0, 0.1) is 0 Å². The van der Waals surface area contributed by atoms with Gasteiger partial charge in [-0.3, -0.25) is 0 Å². The van der Waals surface area contributed by atoms with Crippen LogP contribution in [0.15, 0.2) is 35.0 Å². The molecule has 4 heteroatoms. The second kappa shape index (κ2) is 4.06. The van der Waals surface area contributed by atoms with E-state index in [1.54, 1.807) is 0 Å². The van der Waals surface area contributed by atoms with Crippen molar-refractivity contribution in [1.82, 2.24) is 0 Å². The molecule has 0 saturated heterocycles. The number of nitrogens with two attached hydrogens (primary N) is 1. The molecule has 2 rings (SSSR count). The minimum absolute atomic E-state index is 0.324. The van der Waals surface area contributed by atoms with Gasteiger partial charge in [0.2, 0.25) is 0 Å². The van der Waals surface area contributed by atoms with Crippen LogP contribution in [0.2, 0.25) is 0 Å². The zero-order valence-corrected chi connectivity index (χ0v) is 10.0. The van der Waals surface area contributed by atoms with E-state index < -0.39 is 5.60 Å². The van der Waals surface area contributed by atoms with Crippen molar-refractivity contribution in [2.45, 2.75) is 18.6 Å². The van der Waals surface area contributed by atoms with E-state index in [1.807, 2.05) is 41.9 Å². The maximum absolute atomic E-state index is 10.7. The van der Waals surface area contributed by atoms with Gasteiger partial charge in [0.05, 0.1) is 0 Å². The molecule has 1 unspecified atom stereocenters. The highest BCUT2D eigenvalue weighted by atomic mass is 32.1. The molecule has 0 bridgehead atoms. The topological polar surface area (TPSA) is 46.2 Å². The Labute approximate surface area is 97.0 Å². The predicted octanol–water partition coefficient (Wildman–Crippen LogP) is 2.39. The Kier molecular flexibility index (Phi) is 2.93. The van der Waals surface area contributed by atoms with E-state index in [0.29, 0.717) is 0 Å². The van der Waals surface area contributed by atoms with Gasteiger partial charge in [0, 0.05) is 15.8 Å². The highest BCUT2D eigenvalue weighted by Gasteiger charge is 2.37. The van der Waals surface area contributed by atoms with Crippen LogP contribution in [-0.2, 0) is 5.60 Å². The van der Waals surface area contributed by atoms with E-state index in [2.05, 4.69) is 0 Å². The summed E-state index contributed by atoms with van der Waals surface area (Å²) in [7, 11) is 0. The van der Waals surface area contributed by atoms with E-state index >= 15 is 0 Å². The summed E-state index contributed by atoms with van der Waals surface area (Å²) in [6.07, 6.45) is 0. The lowest BCUT2D eigenvalue weighted by molar-refractivity contribution is 0.0653. The second-order valence-electron chi connectivity index (χ2n) is 3.51. The first-order valence-electron chi connectivity index (χ1n) is 4.71. The Morgan fingerprint density at radius 1 is 1.20 bits per heavy atom. The molecule has 3 N–H and O–H groups in total. The van der Waals surface area contributed by atoms with Crippen molar-refractivity contribution in [3.05, 3.63) is 44.8 Å². The molecule has 0 aliphatic rings. The standard InChI is InChI=1S/C11H13NOS2/c1-8(12)11(13,9-4-2-6-14-9)10-5-3-7-15-10/h2-8,13H,12H2,1H3. The van der Waals surface area contributed by atoms with Gasteiger partial charge in [-0.2, -0.15) is 0 Å². The molecule has 2 heterocycles. The lowest BCUT2D eigenvalue weighted by Crippen LogP contribution is -2.43. The monoisotopic (exact) mass is 239 g/mol. The molecule has 0 spiro atoms. The van der Waals surface area contributed by atoms with Gasteiger partial charge in [-0.1, -0.05) is 12.1 Å². The first-order valence-corrected chi connectivity index (χ1v) is 6.47. The van der Waals surface area contributed by atoms with E-state index in [1.165, 1.54) is 22.7 Å². The van der Waals surface area contributed by atoms with Crippen LogP contribution in [0.5, 0.6) is 0 Å². The van der Waals surface area contributed by atoms with Gasteiger partial charge < -0.3 is 10.8 Å². The summed E-state index contributed by atoms with van der Waals surface area (Å²) in [6.45, 7) is 1.83. The first-order chi connectivity index (χ1) is 7.15. The van der Waals surface area contributed by atoms with Gasteiger partial charge in [-0.25, -0.2) is 0 Å². The van der Waals surface area contributed by atoms with Crippen molar-refractivity contribution < 1.29 is 5.11 Å². The Balaban J connectivity index is 2.51. The lowest BCUT2D eigenvalue weighted by atomic mass is 9.92. The summed E-state index contributed by atoms with van der Waals surface area (Å²) in [5.41, 5.74) is 4.88. The van der Waals surface area contributed by atoms with Crippen molar-refractivity contribution in [3.8, 4) is 0 Å². The molecular weight excluding hydrogens is 226 g/mol. The molecule has 0 saturated carbocycles. The molecule has 0 amide bonds. The maximum Gasteiger partial charge on any atom is 0.147 e. The van der Waals surface area contributed by atoms with Crippen LogP contribution in [0.3, 0.4) is 0 Å². The van der Waals surface area contributed by atoms with Crippen LogP contribution in [0.4, 0.5) is 0 Å². The molecule has 2 aromatic heterocycles. The lowest BCUT2D eigenvalue weighted by Gasteiger charge is -2.29. The van der Waals surface area contributed by atoms with Gasteiger partial charge in [0.15, 0.2) is 0 Å². The number of aliphatic hydroxyl groups is 1. The van der Waals surface area contributed by atoms with E-state index in [-0.39, 0.29) is 6.04 Å². The van der Waals surface area contributed by atoms with Gasteiger partial charge in [-0.05, 0) is 29.8 Å². The fourth-order valence-corrected chi connectivity index (χ4v) is 3.50. The van der Waals surface area contributed by atoms with Crippen LogP contribution in [-0.4, -0.2) is 11.1 Å². The van der Waals surface area contributed by atoms with Crippen LogP contribution in [0.1, 0.15) is 16.7 Å². The van der Waals surface area contributed by atoms with Crippen LogP contribution >= 0.6 is 22.7 Å². The summed E-state index contributed by atoms with van der Waals surface area (Å²) in [5, 5.41) is 14.6. The summed E-state index contributed by atoms with van der Waals surface area (Å²) < 4.78 is 0. The molecule has 80 valence electrons. The van der Waals surface area contributed by atoms with E-state index in [0.717, 1.165) is 9.75 Å². The Morgan fingerprint density at radius 2 is 1.67 bits per heavy atom. The highest BCUT2D eigenvalue weighted by molar-refractivity contribution is 7.11. The van der Waals surface area contributed by atoms with Gasteiger partial charge >= 0.3 is 0 Å². The van der Waals surface area contributed by atoms with Gasteiger partial charge in [0.25, 0.3) is 0 Å². The molecule has 1 atom stereocenters. The molecular formula is C11H13NOS2. The molecule has 0 aliphatic carbocycles. The second-order valence-corrected chi connectivity index (χ2v) is 5.41. The summed E-state index contributed by atoms with van der Waals surface area (Å²) in [4.78, 5) is 1.81. The molecule has 2 aromatic rings. The minimum Gasteiger partial charge on any atom is -0.377 e. The smallest absolute Gasteiger partial charge is 0.147 e. The third-order valence-corrected chi connectivity index (χ3v) is 4.44. The first kappa shape index (κ1) is 10.8. The number of hydrogen-bond donors (Lipinski definition) is 2. The van der Waals surface area contributed by atoms with Gasteiger partial charge in [0.1, 0.15) is 5.60 Å². The number of hydrogen-bond acceptors (Lipinski definition) is 4. The number of rotatable bonds is 3. The zero-order valence-electron chi connectivity index (χ0n) is 8.38. The summed E-state index contributed by atoms with van der Waals surface area (Å²) >= 11 is 3.07. The molecule has 15 heavy (non-hydrogen) atoms. The Bertz CT molecular complexity index is 371. The summed E-state index contributed by atoms with van der Waals surface area (Å²) in [5.74, 6) is 0. The SMILES string of the molecule is CC(N)C(O)(c1cccs1)c1cccs1. The van der Waals surface area contributed by atoms with Crippen LogP contribution in [0.25, 0.3) is 0 Å². The molecule has 0 radical (unpaired) electrons. The van der Waals surface area contributed by atoms with E-state index in [9.17, 15) is 5.11 Å². The van der Waals surface area contributed by atoms with Crippen molar-refractivity contribution in [1.29, 1.82) is 0 Å². The Morgan fingerprint density at radius 3 is 1.93 bits per heavy atom. The third-order valence-electron chi connectivity index (χ3n) is 2.45. The fourth-order valence-electron chi connectivity index (χ4n) is 1.56. The predicted molar refractivity (Wildman–Crippen MR) is 65.3 cm³/mol. The quantitative estimate of drug-likeness (QED) is 0.864. The molecule has 0 aliphatic heterocycles. The molecule has 2 nitrogen and oxygen atoms in total. The normalized spacial score (nSPS) is 14.1. The minimum atomic E-state index is -1.04. The average molecular weight is 239 g/mol. The number of thiophene rings is 2. The average Bonchev–Trinajstić information content (AvgIpc) is 2.89. The van der Waals surface area contributed by atoms with Crippen molar-refractivity contribution >= 4 is 22.7 Å². The fraction of sp³-hybridized carbons (Fsp3) is 0.273. The summed E-state index contributed by atoms with van der Waals surface area (Å²) in [6, 6.07) is 7.39. The van der Waals surface area contributed by atoms with Crippen molar-refractivity contribution in [2.24, 2.45) is 5.73 Å². The zero-order chi connectivity index (χ0) is 10.9. The van der Waals surface area contributed by atoms with Crippen LogP contribution < -0.4 is 5.73 Å². The van der Waals surface area contributed by atoms with Crippen molar-refractivity contribution in [3.63, 3.8) is 0 Å². The van der Waals surface area contributed by atoms with E-state index in [4.69, 9.17) is 5.73 Å². The maximum atomic E-state index is 10.7. The largest absolute Gasteiger partial charge is 0.377 e.